The third-order valence-corrected chi connectivity index (χ3v) is 2.05. The Hall–Kier alpha value is -2.31. The van der Waals surface area contributed by atoms with Gasteiger partial charge in [-0.05, 0) is 6.07 Å². The van der Waals surface area contributed by atoms with Gasteiger partial charge in [-0.3, -0.25) is 10.1 Å². The monoisotopic (exact) mass is 281 g/mol. The van der Waals surface area contributed by atoms with E-state index in [1.165, 1.54) is 6.07 Å². The van der Waals surface area contributed by atoms with E-state index >= 15 is 0 Å². The fraction of sp³-hybridized carbons (Fsp3) is 0.333. The lowest BCUT2D eigenvalue weighted by molar-refractivity contribution is -0.387. The number of nitro groups is 1. The van der Waals surface area contributed by atoms with Crippen molar-refractivity contribution in [3.8, 4) is 6.07 Å². The molecule has 1 aromatic heterocycles. The summed E-state index contributed by atoms with van der Waals surface area (Å²) in [4.78, 5) is 11.9. The van der Waals surface area contributed by atoms with Crippen LogP contribution in [0.25, 0.3) is 0 Å². The summed E-state index contributed by atoms with van der Waals surface area (Å²) >= 11 is 0. The normalized spacial score (nSPS) is 11.4. The summed E-state index contributed by atoms with van der Waals surface area (Å²) in [5.41, 5.74) is -5.29. The van der Waals surface area contributed by atoms with Crippen molar-refractivity contribution in [1.29, 1.82) is 5.26 Å². The first-order valence-electron chi connectivity index (χ1n) is 4.59. The second kappa shape index (κ2) is 5.13. The van der Waals surface area contributed by atoms with Gasteiger partial charge in [0, 0.05) is 5.56 Å². The zero-order valence-electron chi connectivity index (χ0n) is 8.91. The highest BCUT2D eigenvalue weighted by atomic mass is 19.4. The van der Waals surface area contributed by atoms with Crippen LogP contribution in [-0.2, 0) is 12.6 Å². The van der Waals surface area contributed by atoms with E-state index in [0.29, 0.717) is 0 Å². The minimum absolute atomic E-state index is 0.229. The van der Waals surface area contributed by atoms with E-state index in [2.05, 4.69) is 4.98 Å². The van der Waals surface area contributed by atoms with Crippen LogP contribution in [-0.4, -0.2) is 9.91 Å². The molecule has 0 aliphatic heterocycles. The van der Waals surface area contributed by atoms with E-state index in [9.17, 15) is 32.1 Å². The van der Waals surface area contributed by atoms with Crippen LogP contribution in [0.2, 0.25) is 0 Å². The Morgan fingerprint density at radius 1 is 1.47 bits per heavy atom. The maximum atomic E-state index is 12.6. The number of pyridine rings is 1. The molecule has 0 spiro atoms. The van der Waals surface area contributed by atoms with Crippen LogP contribution < -0.4 is 0 Å². The van der Waals surface area contributed by atoms with Gasteiger partial charge >= 0.3 is 11.9 Å². The van der Waals surface area contributed by atoms with Gasteiger partial charge in [0.1, 0.15) is 5.69 Å². The second-order valence-corrected chi connectivity index (χ2v) is 3.29. The number of hydrogen-bond donors (Lipinski definition) is 0. The Labute approximate surface area is 102 Å². The zero-order valence-corrected chi connectivity index (χ0v) is 8.91. The van der Waals surface area contributed by atoms with Gasteiger partial charge in [-0.15, -0.1) is 0 Å². The molecule has 0 atom stereocenters. The molecular formula is C9H4F5N3O2. The van der Waals surface area contributed by atoms with E-state index < -0.39 is 46.6 Å². The first kappa shape index (κ1) is 14.7. The SMILES string of the molecule is N#CCc1cc(C(F)(F)F)nc(C(F)F)c1[N+](=O)[O-]. The van der Waals surface area contributed by atoms with E-state index in [1.807, 2.05) is 0 Å². The molecule has 1 heterocycles. The Morgan fingerprint density at radius 2 is 2.05 bits per heavy atom. The molecule has 0 unspecified atom stereocenters. The Kier molecular flexibility index (Phi) is 3.98. The lowest BCUT2D eigenvalue weighted by Crippen LogP contribution is -2.13. The molecule has 0 aliphatic rings. The summed E-state index contributed by atoms with van der Waals surface area (Å²) < 4.78 is 62.4. The molecule has 0 aliphatic carbocycles. The Bertz CT molecular complexity index is 550. The van der Waals surface area contributed by atoms with Gasteiger partial charge in [0.05, 0.1) is 17.4 Å². The number of rotatable bonds is 3. The number of aromatic nitrogens is 1. The smallest absolute Gasteiger partial charge is 0.258 e. The van der Waals surface area contributed by atoms with Crippen molar-refractivity contribution < 1.29 is 26.9 Å². The van der Waals surface area contributed by atoms with E-state index in [0.717, 1.165) is 0 Å². The van der Waals surface area contributed by atoms with E-state index in [1.54, 1.807) is 0 Å². The molecule has 0 aromatic carbocycles. The van der Waals surface area contributed by atoms with Crippen LogP contribution in [0, 0.1) is 21.4 Å². The highest BCUT2D eigenvalue weighted by Crippen LogP contribution is 2.36. The zero-order chi connectivity index (χ0) is 14.8. The van der Waals surface area contributed by atoms with Crippen LogP contribution in [0.3, 0.4) is 0 Å². The van der Waals surface area contributed by atoms with Crippen molar-refractivity contribution in [3.05, 3.63) is 33.1 Å². The summed E-state index contributed by atoms with van der Waals surface area (Å²) in [5, 5.41) is 19.0. The van der Waals surface area contributed by atoms with Crippen LogP contribution in [0.1, 0.15) is 23.4 Å². The molecule has 0 fully saturated rings. The second-order valence-electron chi connectivity index (χ2n) is 3.29. The predicted molar refractivity (Wildman–Crippen MR) is 50.2 cm³/mol. The van der Waals surface area contributed by atoms with Gasteiger partial charge in [-0.1, -0.05) is 0 Å². The van der Waals surface area contributed by atoms with Crippen LogP contribution in [0.5, 0.6) is 0 Å². The van der Waals surface area contributed by atoms with Crippen LogP contribution in [0.4, 0.5) is 27.6 Å². The van der Waals surface area contributed by atoms with E-state index in [4.69, 9.17) is 5.26 Å². The molecule has 0 saturated carbocycles. The van der Waals surface area contributed by atoms with Crippen molar-refractivity contribution in [2.45, 2.75) is 19.0 Å². The van der Waals surface area contributed by atoms with Gasteiger partial charge < -0.3 is 0 Å². The average molecular weight is 281 g/mol. The molecule has 0 bridgehead atoms. The first-order valence-corrected chi connectivity index (χ1v) is 4.59. The van der Waals surface area contributed by atoms with Crippen molar-refractivity contribution in [2.75, 3.05) is 0 Å². The largest absolute Gasteiger partial charge is 0.433 e. The van der Waals surface area contributed by atoms with Crippen molar-refractivity contribution >= 4 is 5.69 Å². The summed E-state index contributed by atoms with van der Waals surface area (Å²) in [7, 11) is 0. The number of alkyl halides is 5. The summed E-state index contributed by atoms with van der Waals surface area (Å²) in [5.74, 6) is 0. The van der Waals surface area contributed by atoms with Gasteiger partial charge in [0.25, 0.3) is 6.43 Å². The Balaban J connectivity index is 3.63. The van der Waals surface area contributed by atoms with Crippen LogP contribution >= 0.6 is 0 Å². The number of halogens is 5. The van der Waals surface area contributed by atoms with Crippen molar-refractivity contribution in [3.63, 3.8) is 0 Å². The van der Waals surface area contributed by atoms with Crippen LogP contribution in [0.15, 0.2) is 6.07 Å². The maximum absolute atomic E-state index is 12.6. The molecule has 0 amide bonds. The summed E-state index contributed by atoms with van der Waals surface area (Å²) in [6.07, 6.45) is -9.40. The number of hydrogen-bond acceptors (Lipinski definition) is 4. The number of nitrogens with zero attached hydrogens (tertiary/aromatic N) is 3. The Morgan fingerprint density at radius 3 is 2.42 bits per heavy atom. The molecule has 0 saturated heterocycles. The summed E-state index contributed by atoms with van der Waals surface area (Å²) in [6.45, 7) is 0. The molecule has 1 aromatic rings. The quantitative estimate of drug-likeness (QED) is 0.484. The fourth-order valence-corrected chi connectivity index (χ4v) is 1.34. The average Bonchev–Trinajstić information content (AvgIpc) is 2.26. The third kappa shape index (κ3) is 3.12. The molecule has 0 N–H and O–H groups in total. The molecule has 102 valence electrons. The van der Waals surface area contributed by atoms with Gasteiger partial charge in [0.15, 0.2) is 5.69 Å². The lowest BCUT2D eigenvalue weighted by atomic mass is 10.1. The molecular weight excluding hydrogens is 277 g/mol. The standard InChI is InChI=1S/C9H4F5N3O2/c10-8(11)6-7(17(18)19)4(1-2-15)3-5(16-6)9(12,13)14/h3,8H,1H2. The molecule has 0 radical (unpaired) electrons. The van der Waals surface area contributed by atoms with Crippen molar-refractivity contribution in [1.82, 2.24) is 4.98 Å². The minimum Gasteiger partial charge on any atom is -0.258 e. The van der Waals surface area contributed by atoms with Gasteiger partial charge in [-0.2, -0.15) is 18.4 Å². The molecule has 19 heavy (non-hydrogen) atoms. The van der Waals surface area contributed by atoms with Gasteiger partial charge in [0.2, 0.25) is 0 Å². The molecule has 5 nitrogen and oxygen atoms in total. The van der Waals surface area contributed by atoms with Crippen molar-refractivity contribution in [2.24, 2.45) is 0 Å². The lowest BCUT2D eigenvalue weighted by Gasteiger charge is -2.10. The molecule has 1 rings (SSSR count). The van der Waals surface area contributed by atoms with E-state index in [-0.39, 0.29) is 6.07 Å². The van der Waals surface area contributed by atoms with Gasteiger partial charge in [-0.25, -0.2) is 13.8 Å². The third-order valence-electron chi connectivity index (χ3n) is 2.05. The highest BCUT2D eigenvalue weighted by Gasteiger charge is 2.38. The fourth-order valence-electron chi connectivity index (χ4n) is 1.34. The summed E-state index contributed by atoms with van der Waals surface area (Å²) in [6, 6.07) is 1.61. The highest BCUT2D eigenvalue weighted by molar-refractivity contribution is 5.47. The number of nitriles is 1. The topological polar surface area (TPSA) is 79.8 Å². The first-order chi connectivity index (χ1) is 8.68. The predicted octanol–water partition coefficient (Wildman–Crippen LogP) is 3.01. The maximum Gasteiger partial charge on any atom is 0.433 e. The molecule has 10 heteroatoms. The minimum atomic E-state index is -5.04.